The minimum atomic E-state index is -0.833. The molecular weight excluding hydrogens is 234 g/mol. The van der Waals surface area contributed by atoms with E-state index in [2.05, 4.69) is 26.1 Å². The zero-order chi connectivity index (χ0) is 13.0. The van der Waals surface area contributed by atoms with Crippen molar-refractivity contribution in [2.75, 3.05) is 0 Å². The first-order valence-electron chi connectivity index (χ1n) is 6.01. The SMILES string of the molecule is CCC(NCc1cc(C(=O)O)sc1C)C(C)C. The second-order valence-corrected chi connectivity index (χ2v) is 5.89. The third kappa shape index (κ3) is 3.82. The minimum Gasteiger partial charge on any atom is -0.477 e. The van der Waals surface area contributed by atoms with Crippen LogP contribution in [0.2, 0.25) is 0 Å². The van der Waals surface area contributed by atoms with Crippen LogP contribution in [0, 0.1) is 12.8 Å². The van der Waals surface area contributed by atoms with Gasteiger partial charge in [-0.25, -0.2) is 4.79 Å². The van der Waals surface area contributed by atoms with Gasteiger partial charge in [-0.15, -0.1) is 11.3 Å². The van der Waals surface area contributed by atoms with Crippen LogP contribution < -0.4 is 5.32 Å². The van der Waals surface area contributed by atoms with Crippen molar-refractivity contribution in [1.29, 1.82) is 0 Å². The average Bonchev–Trinajstić information content (AvgIpc) is 2.61. The zero-order valence-electron chi connectivity index (χ0n) is 10.9. The molecule has 1 aromatic rings. The van der Waals surface area contributed by atoms with Crippen LogP contribution in [0.15, 0.2) is 6.07 Å². The number of hydrogen-bond acceptors (Lipinski definition) is 3. The third-order valence-electron chi connectivity index (χ3n) is 3.03. The third-order valence-corrected chi connectivity index (χ3v) is 4.11. The van der Waals surface area contributed by atoms with Crippen LogP contribution in [-0.4, -0.2) is 17.1 Å². The van der Waals surface area contributed by atoms with Gasteiger partial charge in [-0.1, -0.05) is 20.8 Å². The van der Waals surface area contributed by atoms with Gasteiger partial charge in [-0.2, -0.15) is 0 Å². The van der Waals surface area contributed by atoms with Crippen molar-refractivity contribution in [3.63, 3.8) is 0 Å². The number of carboxylic acid groups (broad SMARTS) is 1. The number of thiophene rings is 1. The second-order valence-electron chi connectivity index (χ2n) is 4.64. The molecule has 0 bridgehead atoms. The molecule has 0 spiro atoms. The van der Waals surface area contributed by atoms with Gasteiger partial charge in [0.05, 0.1) is 0 Å². The van der Waals surface area contributed by atoms with Gasteiger partial charge in [0.2, 0.25) is 0 Å². The van der Waals surface area contributed by atoms with Crippen LogP contribution in [-0.2, 0) is 6.54 Å². The van der Waals surface area contributed by atoms with E-state index in [1.54, 1.807) is 6.07 Å². The molecule has 0 saturated heterocycles. The first kappa shape index (κ1) is 14.2. The summed E-state index contributed by atoms with van der Waals surface area (Å²) in [5.41, 5.74) is 1.10. The first-order valence-corrected chi connectivity index (χ1v) is 6.83. The lowest BCUT2D eigenvalue weighted by Crippen LogP contribution is -2.32. The molecule has 1 unspecified atom stereocenters. The number of nitrogens with one attached hydrogen (secondary N) is 1. The van der Waals surface area contributed by atoms with E-state index in [1.807, 2.05) is 6.92 Å². The minimum absolute atomic E-state index is 0.428. The number of rotatable bonds is 6. The molecule has 0 amide bonds. The molecule has 2 N–H and O–H groups in total. The highest BCUT2D eigenvalue weighted by Gasteiger charge is 2.14. The summed E-state index contributed by atoms with van der Waals surface area (Å²) >= 11 is 1.35. The molecule has 0 aromatic carbocycles. The molecule has 3 nitrogen and oxygen atoms in total. The van der Waals surface area contributed by atoms with Crippen molar-refractivity contribution in [3.05, 3.63) is 21.4 Å². The van der Waals surface area contributed by atoms with Crippen LogP contribution >= 0.6 is 11.3 Å². The monoisotopic (exact) mass is 255 g/mol. The maximum absolute atomic E-state index is 10.9. The maximum atomic E-state index is 10.9. The van der Waals surface area contributed by atoms with Crippen molar-refractivity contribution in [2.45, 2.75) is 46.7 Å². The van der Waals surface area contributed by atoms with Crippen LogP contribution in [0.25, 0.3) is 0 Å². The van der Waals surface area contributed by atoms with E-state index in [-0.39, 0.29) is 0 Å². The molecule has 0 aliphatic rings. The van der Waals surface area contributed by atoms with Gasteiger partial charge in [-0.05, 0) is 30.9 Å². The lowest BCUT2D eigenvalue weighted by atomic mass is 10.0. The predicted octanol–water partition coefficient (Wildman–Crippen LogP) is 3.28. The fourth-order valence-electron chi connectivity index (χ4n) is 1.89. The van der Waals surface area contributed by atoms with E-state index < -0.39 is 5.97 Å². The van der Waals surface area contributed by atoms with Crippen molar-refractivity contribution >= 4 is 17.3 Å². The summed E-state index contributed by atoms with van der Waals surface area (Å²) in [6, 6.07) is 2.27. The van der Waals surface area contributed by atoms with E-state index in [1.165, 1.54) is 11.3 Å². The summed E-state index contributed by atoms with van der Waals surface area (Å²) in [5, 5.41) is 12.4. The van der Waals surface area contributed by atoms with E-state index >= 15 is 0 Å². The molecule has 1 rings (SSSR count). The average molecular weight is 255 g/mol. The summed E-state index contributed by atoms with van der Waals surface area (Å²) in [7, 11) is 0. The summed E-state index contributed by atoms with van der Waals surface area (Å²) in [5.74, 6) is -0.238. The highest BCUT2D eigenvalue weighted by atomic mass is 32.1. The summed E-state index contributed by atoms with van der Waals surface area (Å²) in [4.78, 5) is 12.4. The number of hydrogen-bond donors (Lipinski definition) is 2. The Labute approximate surface area is 107 Å². The summed E-state index contributed by atoms with van der Waals surface area (Å²) < 4.78 is 0. The van der Waals surface area contributed by atoms with Gasteiger partial charge >= 0.3 is 5.97 Å². The summed E-state index contributed by atoms with van der Waals surface area (Å²) in [6.45, 7) is 9.30. The Balaban J connectivity index is 2.65. The molecular formula is C13H21NO2S. The van der Waals surface area contributed by atoms with E-state index in [0.717, 1.165) is 23.4 Å². The van der Waals surface area contributed by atoms with Crippen LogP contribution in [0.4, 0.5) is 0 Å². The van der Waals surface area contributed by atoms with Gasteiger partial charge in [0, 0.05) is 17.5 Å². The molecule has 1 atom stereocenters. The van der Waals surface area contributed by atoms with E-state index in [9.17, 15) is 4.79 Å². The molecule has 0 fully saturated rings. The lowest BCUT2D eigenvalue weighted by molar-refractivity contribution is 0.0702. The number of carbonyl (C=O) groups is 1. The largest absolute Gasteiger partial charge is 0.477 e. The fraction of sp³-hybridized carbons (Fsp3) is 0.615. The molecule has 17 heavy (non-hydrogen) atoms. The topological polar surface area (TPSA) is 49.3 Å². The molecule has 1 heterocycles. The van der Waals surface area contributed by atoms with Gasteiger partial charge in [0.25, 0.3) is 0 Å². The predicted molar refractivity (Wildman–Crippen MR) is 71.8 cm³/mol. The molecule has 4 heteroatoms. The lowest BCUT2D eigenvalue weighted by Gasteiger charge is -2.20. The Morgan fingerprint density at radius 1 is 1.53 bits per heavy atom. The van der Waals surface area contributed by atoms with Crippen LogP contribution in [0.5, 0.6) is 0 Å². The van der Waals surface area contributed by atoms with Crippen molar-refractivity contribution in [2.24, 2.45) is 5.92 Å². The summed E-state index contributed by atoms with van der Waals surface area (Å²) in [6.07, 6.45) is 1.09. The number of aryl methyl sites for hydroxylation is 1. The molecule has 0 aliphatic heterocycles. The number of aromatic carboxylic acids is 1. The van der Waals surface area contributed by atoms with Gasteiger partial charge < -0.3 is 10.4 Å². The standard InChI is InChI=1S/C13H21NO2S/c1-5-11(8(2)3)14-7-10-6-12(13(15)16)17-9(10)4/h6,8,11,14H,5,7H2,1-4H3,(H,15,16). The van der Waals surface area contributed by atoms with Crippen LogP contribution in [0.1, 0.15) is 47.3 Å². The number of carboxylic acids is 1. The van der Waals surface area contributed by atoms with Gasteiger partial charge in [0.15, 0.2) is 0 Å². The van der Waals surface area contributed by atoms with Gasteiger partial charge in [0.1, 0.15) is 4.88 Å². The van der Waals surface area contributed by atoms with Crippen molar-refractivity contribution < 1.29 is 9.90 Å². The maximum Gasteiger partial charge on any atom is 0.345 e. The van der Waals surface area contributed by atoms with E-state index in [4.69, 9.17) is 5.11 Å². The van der Waals surface area contributed by atoms with Crippen LogP contribution in [0.3, 0.4) is 0 Å². The van der Waals surface area contributed by atoms with Crippen molar-refractivity contribution in [1.82, 2.24) is 5.32 Å². The smallest absolute Gasteiger partial charge is 0.345 e. The molecule has 0 saturated carbocycles. The molecule has 96 valence electrons. The van der Waals surface area contributed by atoms with E-state index in [0.29, 0.717) is 16.8 Å². The normalized spacial score (nSPS) is 13.0. The Bertz CT molecular complexity index is 385. The first-order chi connectivity index (χ1) is 7.95. The van der Waals surface area contributed by atoms with Gasteiger partial charge in [-0.3, -0.25) is 0 Å². The highest BCUT2D eigenvalue weighted by Crippen LogP contribution is 2.22. The molecule has 1 aromatic heterocycles. The Morgan fingerprint density at radius 3 is 2.59 bits per heavy atom. The fourth-order valence-corrected chi connectivity index (χ4v) is 2.77. The molecule has 0 aliphatic carbocycles. The molecule has 0 radical (unpaired) electrons. The van der Waals surface area contributed by atoms with Crippen molar-refractivity contribution in [3.8, 4) is 0 Å². The Kier molecular flexibility index (Phi) is 5.15. The second kappa shape index (κ2) is 6.17. The zero-order valence-corrected chi connectivity index (χ0v) is 11.7. The Morgan fingerprint density at radius 2 is 2.18 bits per heavy atom. The Hall–Kier alpha value is -0.870. The quantitative estimate of drug-likeness (QED) is 0.820. The highest BCUT2D eigenvalue weighted by molar-refractivity contribution is 7.14.